The quantitative estimate of drug-likeness (QED) is 0.478. The summed E-state index contributed by atoms with van der Waals surface area (Å²) in [5.41, 5.74) is 2.37. The van der Waals surface area contributed by atoms with Crippen LogP contribution in [0.25, 0.3) is 10.8 Å². The van der Waals surface area contributed by atoms with E-state index < -0.39 is 0 Å². The lowest BCUT2D eigenvalue weighted by molar-refractivity contribution is 0.410. The predicted octanol–water partition coefficient (Wildman–Crippen LogP) is 6.10. The van der Waals surface area contributed by atoms with Crippen LogP contribution in [0.15, 0.2) is 65.1 Å². The SMILES string of the molecule is COc1ccccc1C(Br)c1ccc(Br)c2ccccc12. The van der Waals surface area contributed by atoms with Gasteiger partial charge >= 0.3 is 0 Å². The van der Waals surface area contributed by atoms with Crippen LogP contribution in [0.2, 0.25) is 0 Å². The Morgan fingerprint density at radius 3 is 2.24 bits per heavy atom. The fraction of sp³-hybridized carbons (Fsp3) is 0.111. The van der Waals surface area contributed by atoms with Crippen molar-refractivity contribution < 1.29 is 4.74 Å². The van der Waals surface area contributed by atoms with Crippen LogP contribution >= 0.6 is 31.9 Å². The van der Waals surface area contributed by atoms with E-state index in [0.717, 1.165) is 15.8 Å². The highest BCUT2D eigenvalue weighted by Crippen LogP contribution is 2.40. The highest BCUT2D eigenvalue weighted by molar-refractivity contribution is 9.10. The van der Waals surface area contributed by atoms with Crippen LogP contribution in [-0.4, -0.2) is 7.11 Å². The lowest BCUT2D eigenvalue weighted by Gasteiger charge is -2.17. The number of para-hydroxylation sites is 1. The number of ether oxygens (including phenoxy) is 1. The van der Waals surface area contributed by atoms with Gasteiger partial charge in [0.15, 0.2) is 0 Å². The van der Waals surface area contributed by atoms with Crippen molar-refractivity contribution in [2.24, 2.45) is 0 Å². The number of halogens is 2. The first-order valence-corrected chi connectivity index (χ1v) is 8.37. The van der Waals surface area contributed by atoms with Crippen molar-refractivity contribution in [1.82, 2.24) is 0 Å². The molecule has 0 saturated carbocycles. The van der Waals surface area contributed by atoms with Crippen molar-refractivity contribution in [3.8, 4) is 5.75 Å². The molecule has 3 heteroatoms. The minimum Gasteiger partial charge on any atom is -0.496 e. The number of methoxy groups -OCH3 is 1. The molecule has 0 N–H and O–H groups in total. The summed E-state index contributed by atoms with van der Waals surface area (Å²) < 4.78 is 6.60. The first kappa shape index (κ1) is 14.6. The smallest absolute Gasteiger partial charge is 0.123 e. The number of benzene rings is 3. The van der Waals surface area contributed by atoms with E-state index in [-0.39, 0.29) is 4.83 Å². The number of alkyl halides is 1. The molecular weight excluding hydrogens is 392 g/mol. The van der Waals surface area contributed by atoms with Gasteiger partial charge in [0.25, 0.3) is 0 Å². The fourth-order valence-corrected chi connectivity index (χ4v) is 3.81. The fourth-order valence-electron chi connectivity index (χ4n) is 2.55. The second-order valence-electron chi connectivity index (χ2n) is 4.79. The summed E-state index contributed by atoms with van der Waals surface area (Å²) in [6.45, 7) is 0. The molecule has 0 amide bonds. The first-order valence-electron chi connectivity index (χ1n) is 6.66. The second kappa shape index (κ2) is 6.20. The Balaban J connectivity index is 2.18. The average molecular weight is 406 g/mol. The molecule has 0 aliphatic carbocycles. The van der Waals surface area contributed by atoms with Gasteiger partial charge in [-0.1, -0.05) is 80.4 Å². The van der Waals surface area contributed by atoms with E-state index in [4.69, 9.17) is 4.74 Å². The number of rotatable bonds is 3. The van der Waals surface area contributed by atoms with Gasteiger partial charge in [-0.3, -0.25) is 0 Å². The largest absolute Gasteiger partial charge is 0.496 e. The van der Waals surface area contributed by atoms with E-state index >= 15 is 0 Å². The van der Waals surface area contributed by atoms with Gasteiger partial charge in [-0.05, 0) is 28.5 Å². The molecule has 3 rings (SSSR count). The molecule has 0 bridgehead atoms. The molecule has 3 aromatic carbocycles. The molecular formula is C18H14Br2O. The third-order valence-electron chi connectivity index (χ3n) is 3.59. The molecule has 1 atom stereocenters. The van der Waals surface area contributed by atoms with Gasteiger partial charge in [0, 0.05) is 10.0 Å². The van der Waals surface area contributed by atoms with E-state index in [1.807, 2.05) is 18.2 Å². The molecule has 1 unspecified atom stereocenters. The van der Waals surface area contributed by atoms with Gasteiger partial charge < -0.3 is 4.74 Å². The van der Waals surface area contributed by atoms with Gasteiger partial charge in [0.1, 0.15) is 5.75 Å². The molecule has 0 aliphatic rings. The van der Waals surface area contributed by atoms with Gasteiger partial charge in [-0.15, -0.1) is 0 Å². The van der Waals surface area contributed by atoms with Crippen molar-refractivity contribution in [3.05, 3.63) is 76.3 Å². The van der Waals surface area contributed by atoms with Crippen molar-refractivity contribution in [3.63, 3.8) is 0 Å². The summed E-state index contributed by atoms with van der Waals surface area (Å²) in [6, 6.07) is 20.8. The molecule has 0 saturated heterocycles. The molecule has 0 aliphatic heterocycles. The maximum Gasteiger partial charge on any atom is 0.123 e. The Kier molecular flexibility index (Phi) is 4.32. The van der Waals surface area contributed by atoms with E-state index in [1.54, 1.807) is 7.11 Å². The maximum absolute atomic E-state index is 5.48. The molecule has 0 heterocycles. The predicted molar refractivity (Wildman–Crippen MR) is 95.4 cm³/mol. The van der Waals surface area contributed by atoms with Crippen LogP contribution in [0.5, 0.6) is 5.75 Å². The average Bonchev–Trinajstić information content (AvgIpc) is 2.55. The normalized spacial score (nSPS) is 12.3. The zero-order chi connectivity index (χ0) is 14.8. The minimum absolute atomic E-state index is 0.0895. The summed E-state index contributed by atoms with van der Waals surface area (Å²) in [6.07, 6.45) is 0. The number of hydrogen-bond donors (Lipinski definition) is 0. The Labute approximate surface area is 141 Å². The summed E-state index contributed by atoms with van der Waals surface area (Å²) in [5.74, 6) is 0.895. The third-order valence-corrected chi connectivity index (χ3v) is 5.27. The topological polar surface area (TPSA) is 9.23 Å². The Morgan fingerprint density at radius 2 is 1.48 bits per heavy atom. The highest BCUT2D eigenvalue weighted by atomic mass is 79.9. The summed E-state index contributed by atoms with van der Waals surface area (Å²) in [7, 11) is 1.71. The van der Waals surface area contributed by atoms with E-state index in [2.05, 4.69) is 74.3 Å². The van der Waals surface area contributed by atoms with Gasteiger partial charge in [0.2, 0.25) is 0 Å². The Hall–Kier alpha value is -1.32. The van der Waals surface area contributed by atoms with Crippen LogP contribution in [0.1, 0.15) is 16.0 Å². The van der Waals surface area contributed by atoms with Crippen LogP contribution < -0.4 is 4.74 Å². The Bertz CT molecular complexity index is 783. The first-order chi connectivity index (χ1) is 10.2. The van der Waals surface area contributed by atoms with E-state index in [1.165, 1.54) is 16.3 Å². The van der Waals surface area contributed by atoms with Crippen molar-refractivity contribution in [1.29, 1.82) is 0 Å². The van der Waals surface area contributed by atoms with Gasteiger partial charge in [-0.2, -0.15) is 0 Å². The number of fused-ring (bicyclic) bond motifs is 1. The molecule has 0 fully saturated rings. The van der Waals surface area contributed by atoms with Crippen molar-refractivity contribution in [2.75, 3.05) is 7.11 Å². The monoisotopic (exact) mass is 404 g/mol. The molecule has 106 valence electrons. The van der Waals surface area contributed by atoms with Crippen molar-refractivity contribution in [2.45, 2.75) is 4.83 Å². The van der Waals surface area contributed by atoms with Crippen molar-refractivity contribution >= 4 is 42.6 Å². The Morgan fingerprint density at radius 1 is 0.810 bits per heavy atom. The summed E-state index contributed by atoms with van der Waals surface area (Å²) in [4.78, 5) is 0.0895. The molecule has 1 nitrogen and oxygen atoms in total. The zero-order valence-electron chi connectivity index (χ0n) is 11.5. The standard InChI is InChI=1S/C18H14Br2O/c1-21-17-9-5-4-8-15(17)18(20)14-10-11-16(19)13-7-3-2-6-12(13)14/h2-11,18H,1H3. The number of hydrogen-bond acceptors (Lipinski definition) is 1. The maximum atomic E-state index is 5.48. The lowest BCUT2D eigenvalue weighted by Crippen LogP contribution is -1.98. The lowest BCUT2D eigenvalue weighted by atomic mass is 9.98. The van der Waals surface area contributed by atoms with Crippen LogP contribution in [0.4, 0.5) is 0 Å². The summed E-state index contributed by atoms with van der Waals surface area (Å²) >= 11 is 7.46. The molecule has 0 spiro atoms. The van der Waals surface area contributed by atoms with E-state index in [0.29, 0.717) is 0 Å². The summed E-state index contributed by atoms with van der Waals surface area (Å²) in [5, 5.41) is 2.45. The van der Waals surface area contributed by atoms with Gasteiger partial charge in [-0.25, -0.2) is 0 Å². The van der Waals surface area contributed by atoms with Crippen LogP contribution in [0, 0.1) is 0 Å². The van der Waals surface area contributed by atoms with Crippen LogP contribution in [-0.2, 0) is 0 Å². The minimum atomic E-state index is 0.0895. The van der Waals surface area contributed by atoms with E-state index in [9.17, 15) is 0 Å². The highest BCUT2D eigenvalue weighted by Gasteiger charge is 2.17. The van der Waals surface area contributed by atoms with Gasteiger partial charge in [0.05, 0.1) is 11.9 Å². The molecule has 0 radical (unpaired) electrons. The molecule has 0 aromatic heterocycles. The third kappa shape index (κ3) is 2.72. The molecule has 21 heavy (non-hydrogen) atoms. The van der Waals surface area contributed by atoms with Crippen LogP contribution in [0.3, 0.4) is 0 Å². The second-order valence-corrected chi connectivity index (χ2v) is 6.56. The molecule has 3 aromatic rings. The zero-order valence-corrected chi connectivity index (χ0v) is 14.7.